The number of benzene rings is 1. The maximum absolute atomic E-state index is 12.5. The van der Waals surface area contributed by atoms with E-state index in [4.69, 9.17) is 4.74 Å². The summed E-state index contributed by atoms with van der Waals surface area (Å²) in [6, 6.07) is 8.56. The van der Waals surface area contributed by atoms with Crippen molar-refractivity contribution in [1.29, 1.82) is 0 Å². The van der Waals surface area contributed by atoms with Gasteiger partial charge in [-0.3, -0.25) is 4.79 Å². The Hall–Kier alpha value is -1.60. The lowest BCUT2D eigenvalue weighted by Gasteiger charge is -2.35. The van der Waals surface area contributed by atoms with Crippen LogP contribution in [-0.4, -0.2) is 56.2 Å². The monoisotopic (exact) mass is 410 g/mol. The molecule has 0 unspecified atom stereocenters. The lowest BCUT2D eigenvalue weighted by atomic mass is 10.1. The van der Waals surface area contributed by atoms with Crippen molar-refractivity contribution in [3.8, 4) is 0 Å². The molecule has 1 aliphatic rings. The maximum Gasteiger partial charge on any atom is 0.323 e. The Morgan fingerprint density at radius 1 is 1.04 bits per heavy atom. The molecule has 0 atom stereocenters. The van der Waals surface area contributed by atoms with Gasteiger partial charge in [-0.25, -0.2) is 8.42 Å². The summed E-state index contributed by atoms with van der Waals surface area (Å²) in [6.07, 6.45) is 4.79. The topological polar surface area (TPSA) is 66.9 Å². The van der Waals surface area contributed by atoms with Crippen molar-refractivity contribution in [2.45, 2.75) is 59.0 Å². The number of ether oxygens (including phenoxy) is 1. The lowest BCUT2D eigenvalue weighted by molar-refractivity contribution is -0.151. The molecule has 0 amide bonds. The van der Waals surface area contributed by atoms with Gasteiger partial charge in [0.1, 0.15) is 5.60 Å². The van der Waals surface area contributed by atoms with Crippen molar-refractivity contribution < 1.29 is 17.9 Å². The SMILES string of the molecule is CCCCCc1ccc(N2CCN(S(=O)(=O)CC(=O)OC(C)(C)C)CC2)cc1. The lowest BCUT2D eigenvalue weighted by Crippen LogP contribution is -2.50. The van der Waals surface area contributed by atoms with E-state index in [1.165, 1.54) is 29.1 Å². The molecule has 0 aromatic heterocycles. The molecule has 1 aliphatic heterocycles. The van der Waals surface area contributed by atoms with Crippen LogP contribution in [0.3, 0.4) is 0 Å². The molecule has 0 spiro atoms. The molecule has 158 valence electrons. The summed E-state index contributed by atoms with van der Waals surface area (Å²) in [5.41, 5.74) is 1.77. The highest BCUT2D eigenvalue weighted by atomic mass is 32.2. The molecule has 0 radical (unpaired) electrons. The zero-order chi connectivity index (χ0) is 20.8. The number of hydrogen-bond acceptors (Lipinski definition) is 5. The second kappa shape index (κ2) is 9.74. The fourth-order valence-electron chi connectivity index (χ4n) is 3.29. The molecule has 6 nitrogen and oxygen atoms in total. The number of aryl methyl sites for hydroxylation is 1. The van der Waals surface area contributed by atoms with E-state index in [9.17, 15) is 13.2 Å². The van der Waals surface area contributed by atoms with Crippen LogP contribution in [0.5, 0.6) is 0 Å². The average molecular weight is 411 g/mol. The predicted octanol–water partition coefficient (Wildman–Crippen LogP) is 3.21. The number of anilines is 1. The molecule has 2 rings (SSSR count). The molecule has 0 bridgehead atoms. The van der Waals surface area contributed by atoms with Crippen LogP contribution in [0.4, 0.5) is 5.69 Å². The molecular weight excluding hydrogens is 376 g/mol. The predicted molar refractivity (Wildman–Crippen MR) is 113 cm³/mol. The summed E-state index contributed by atoms with van der Waals surface area (Å²) in [4.78, 5) is 14.1. The first-order chi connectivity index (χ1) is 13.1. The van der Waals surface area contributed by atoms with Gasteiger partial charge < -0.3 is 9.64 Å². The van der Waals surface area contributed by atoms with Crippen molar-refractivity contribution in [1.82, 2.24) is 4.31 Å². The second-order valence-corrected chi connectivity index (χ2v) is 10.3. The number of hydrogen-bond donors (Lipinski definition) is 0. The van der Waals surface area contributed by atoms with Gasteiger partial charge in [-0.05, 0) is 51.3 Å². The Labute approximate surface area is 169 Å². The van der Waals surface area contributed by atoms with Crippen molar-refractivity contribution in [3.63, 3.8) is 0 Å². The smallest absolute Gasteiger partial charge is 0.323 e. The molecule has 1 saturated heterocycles. The van der Waals surface area contributed by atoms with Gasteiger partial charge in [-0.1, -0.05) is 31.9 Å². The van der Waals surface area contributed by atoms with Gasteiger partial charge in [0.25, 0.3) is 0 Å². The third-order valence-electron chi connectivity index (χ3n) is 4.72. The average Bonchev–Trinajstić information content (AvgIpc) is 2.60. The van der Waals surface area contributed by atoms with E-state index in [1.807, 2.05) is 0 Å². The minimum Gasteiger partial charge on any atom is -0.459 e. The maximum atomic E-state index is 12.5. The number of piperazine rings is 1. The molecule has 7 heteroatoms. The van der Waals surface area contributed by atoms with Crippen LogP contribution in [-0.2, 0) is 26.0 Å². The third-order valence-corrected chi connectivity index (χ3v) is 6.48. The Morgan fingerprint density at radius 2 is 1.64 bits per heavy atom. The summed E-state index contributed by atoms with van der Waals surface area (Å²) in [6.45, 7) is 9.37. The van der Waals surface area contributed by atoms with Crippen LogP contribution in [0.15, 0.2) is 24.3 Å². The van der Waals surface area contributed by atoms with Gasteiger partial charge in [-0.15, -0.1) is 0 Å². The minimum absolute atomic E-state index is 0.378. The van der Waals surface area contributed by atoms with Crippen molar-refractivity contribution >= 4 is 21.7 Å². The first-order valence-electron chi connectivity index (χ1n) is 10.1. The molecule has 1 fully saturated rings. The number of rotatable bonds is 8. The number of esters is 1. The fraction of sp³-hybridized carbons (Fsp3) is 0.667. The zero-order valence-electron chi connectivity index (χ0n) is 17.6. The van der Waals surface area contributed by atoms with Crippen LogP contribution in [0.25, 0.3) is 0 Å². The molecule has 0 aliphatic carbocycles. The first-order valence-corrected chi connectivity index (χ1v) is 11.8. The highest BCUT2D eigenvalue weighted by molar-refractivity contribution is 7.89. The van der Waals surface area contributed by atoms with Gasteiger partial charge in [0, 0.05) is 31.9 Å². The van der Waals surface area contributed by atoms with Gasteiger partial charge in [0.15, 0.2) is 5.75 Å². The molecule has 0 N–H and O–H groups in total. The van der Waals surface area contributed by atoms with Crippen LogP contribution in [0.1, 0.15) is 52.5 Å². The van der Waals surface area contributed by atoms with Crippen LogP contribution in [0.2, 0.25) is 0 Å². The molecular formula is C21H34N2O4S. The van der Waals surface area contributed by atoms with E-state index >= 15 is 0 Å². The number of carbonyl (C=O) groups is 1. The largest absolute Gasteiger partial charge is 0.459 e. The highest BCUT2D eigenvalue weighted by Gasteiger charge is 2.31. The van der Waals surface area contributed by atoms with Crippen molar-refractivity contribution in [2.24, 2.45) is 0 Å². The first kappa shape index (κ1) is 22.7. The molecule has 1 aromatic carbocycles. The number of unbranched alkanes of at least 4 members (excludes halogenated alkanes) is 2. The zero-order valence-corrected chi connectivity index (χ0v) is 18.4. The Balaban J connectivity index is 1.87. The van der Waals surface area contributed by atoms with E-state index in [-0.39, 0.29) is 0 Å². The summed E-state index contributed by atoms with van der Waals surface area (Å²) in [5.74, 6) is -1.30. The summed E-state index contributed by atoms with van der Waals surface area (Å²) in [7, 11) is -3.65. The van der Waals surface area contributed by atoms with Gasteiger partial charge in [-0.2, -0.15) is 4.31 Å². The summed E-state index contributed by atoms with van der Waals surface area (Å²) < 4.78 is 31.5. The van der Waals surface area contributed by atoms with E-state index in [0.717, 1.165) is 12.1 Å². The Kier molecular flexibility index (Phi) is 7.89. The Morgan fingerprint density at radius 3 is 2.18 bits per heavy atom. The van der Waals surface area contributed by atoms with Crippen LogP contribution >= 0.6 is 0 Å². The highest BCUT2D eigenvalue weighted by Crippen LogP contribution is 2.20. The quantitative estimate of drug-likeness (QED) is 0.486. The summed E-state index contributed by atoms with van der Waals surface area (Å²) in [5, 5.41) is 0. The van der Waals surface area contributed by atoms with E-state index in [0.29, 0.717) is 26.2 Å². The van der Waals surface area contributed by atoms with E-state index < -0.39 is 27.3 Å². The number of nitrogens with zero attached hydrogens (tertiary/aromatic N) is 2. The van der Waals surface area contributed by atoms with E-state index in [1.54, 1.807) is 20.8 Å². The molecule has 1 heterocycles. The normalized spacial score (nSPS) is 16.2. The number of sulfonamides is 1. The van der Waals surface area contributed by atoms with Gasteiger partial charge in [0.2, 0.25) is 10.0 Å². The van der Waals surface area contributed by atoms with Gasteiger partial charge in [0.05, 0.1) is 0 Å². The number of carbonyl (C=O) groups excluding carboxylic acids is 1. The third kappa shape index (κ3) is 7.09. The van der Waals surface area contributed by atoms with Crippen molar-refractivity contribution in [3.05, 3.63) is 29.8 Å². The second-order valence-electron chi connectivity index (χ2n) is 8.35. The van der Waals surface area contributed by atoms with E-state index in [2.05, 4.69) is 36.1 Å². The molecule has 28 heavy (non-hydrogen) atoms. The van der Waals surface area contributed by atoms with Crippen molar-refractivity contribution in [2.75, 3.05) is 36.8 Å². The summed E-state index contributed by atoms with van der Waals surface area (Å²) >= 11 is 0. The van der Waals surface area contributed by atoms with Crippen LogP contribution < -0.4 is 4.90 Å². The molecule has 0 saturated carbocycles. The van der Waals surface area contributed by atoms with Gasteiger partial charge >= 0.3 is 5.97 Å². The minimum atomic E-state index is -3.65. The standard InChI is InChI=1S/C21H34N2O4S/c1-5-6-7-8-18-9-11-19(12-10-18)22-13-15-23(16-14-22)28(25,26)17-20(24)27-21(2,3)4/h9-12H,5-8,13-17H2,1-4H3. The Bertz CT molecular complexity index is 731. The fourth-order valence-corrected chi connectivity index (χ4v) is 4.55. The molecule has 1 aromatic rings. The van der Waals surface area contributed by atoms with Crippen LogP contribution in [0, 0.1) is 0 Å².